The number of rotatable bonds is 8. The minimum atomic E-state index is -3.57. The number of methoxy groups -OCH3 is 1. The van der Waals surface area contributed by atoms with E-state index in [9.17, 15) is 13.2 Å². The Hall–Kier alpha value is -1.86. The van der Waals surface area contributed by atoms with Crippen LogP contribution in [-0.4, -0.2) is 34.6 Å². The lowest BCUT2D eigenvalue weighted by molar-refractivity contribution is -0.138. The van der Waals surface area contributed by atoms with Gasteiger partial charge in [-0.05, 0) is 37.6 Å². The standard InChI is InChI=1S/C14H19NO5S/c1-11(2)14(16)20-10-4-9-15-21(17,18)13-7-5-12(19-3)6-8-13/h5-8,15H,1,4,9-10H2,2-3H3. The van der Waals surface area contributed by atoms with Gasteiger partial charge in [0.05, 0.1) is 18.6 Å². The summed E-state index contributed by atoms with van der Waals surface area (Å²) in [5.41, 5.74) is 0.314. The number of hydrogen-bond acceptors (Lipinski definition) is 5. The molecule has 0 aliphatic heterocycles. The molecule has 0 unspecified atom stereocenters. The first-order chi connectivity index (χ1) is 9.86. The lowest BCUT2D eigenvalue weighted by atomic mass is 10.3. The molecular weight excluding hydrogens is 294 g/mol. The van der Waals surface area contributed by atoms with E-state index in [1.165, 1.54) is 19.2 Å². The molecule has 0 saturated heterocycles. The molecule has 21 heavy (non-hydrogen) atoms. The molecule has 0 saturated carbocycles. The summed E-state index contributed by atoms with van der Waals surface area (Å²) in [5, 5.41) is 0. The van der Waals surface area contributed by atoms with Gasteiger partial charge in [-0.1, -0.05) is 6.58 Å². The topological polar surface area (TPSA) is 81.7 Å². The second kappa shape index (κ2) is 7.80. The van der Waals surface area contributed by atoms with Gasteiger partial charge in [0.1, 0.15) is 5.75 Å². The van der Waals surface area contributed by atoms with Crippen molar-refractivity contribution in [1.29, 1.82) is 0 Å². The maximum atomic E-state index is 12.0. The van der Waals surface area contributed by atoms with Crippen LogP contribution < -0.4 is 9.46 Å². The van der Waals surface area contributed by atoms with E-state index in [0.717, 1.165) is 0 Å². The molecule has 0 spiro atoms. The van der Waals surface area contributed by atoms with Crippen molar-refractivity contribution in [1.82, 2.24) is 4.72 Å². The summed E-state index contributed by atoms with van der Waals surface area (Å²) in [6.45, 7) is 5.32. The first-order valence-electron chi connectivity index (χ1n) is 6.33. The molecule has 6 nitrogen and oxygen atoms in total. The molecule has 1 N–H and O–H groups in total. The zero-order chi connectivity index (χ0) is 15.9. The Labute approximate surface area is 124 Å². The Morgan fingerprint density at radius 2 is 1.90 bits per heavy atom. The highest BCUT2D eigenvalue weighted by atomic mass is 32.2. The van der Waals surface area contributed by atoms with Gasteiger partial charge < -0.3 is 9.47 Å². The van der Waals surface area contributed by atoms with Crippen LogP contribution in [0.3, 0.4) is 0 Å². The third kappa shape index (κ3) is 5.57. The van der Waals surface area contributed by atoms with Crippen LogP contribution in [0.15, 0.2) is 41.3 Å². The molecular formula is C14H19NO5S. The summed E-state index contributed by atoms with van der Waals surface area (Å²) < 4.78 is 36.2. The molecule has 0 aliphatic rings. The van der Waals surface area contributed by atoms with Crippen molar-refractivity contribution in [3.63, 3.8) is 0 Å². The van der Waals surface area contributed by atoms with E-state index in [0.29, 0.717) is 17.7 Å². The van der Waals surface area contributed by atoms with E-state index in [1.54, 1.807) is 19.1 Å². The molecule has 0 heterocycles. The van der Waals surface area contributed by atoms with Gasteiger partial charge >= 0.3 is 5.97 Å². The highest BCUT2D eigenvalue weighted by Gasteiger charge is 2.13. The van der Waals surface area contributed by atoms with Gasteiger partial charge in [-0.25, -0.2) is 17.9 Å². The Balaban J connectivity index is 2.42. The minimum absolute atomic E-state index is 0.136. The molecule has 1 aromatic rings. The maximum Gasteiger partial charge on any atom is 0.333 e. The fourth-order valence-corrected chi connectivity index (χ4v) is 2.48. The van der Waals surface area contributed by atoms with Crippen molar-refractivity contribution in [3.8, 4) is 5.75 Å². The first-order valence-corrected chi connectivity index (χ1v) is 7.81. The van der Waals surface area contributed by atoms with Crippen LogP contribution in [0.1, 0.15) is 13.3 Å². The molecule has 0 amide bonds. The number of sulfonamides is 1. The van der Waals surface area contributed by atoms with Crippen LogP contribution in [0.25, 0.3) is 0 Å². The third-order valence-corrected chi connectivity index (χ3v) is 4.04. The second-order valence-electron chi connectivity index (χ2n) is 4.34. The van der Waals surface area contributed by atoms with Gasteiger partial charge in [0.15, 0.2) is 0 Å². The van der Waals surface area contributed by atoms with E-state index < -0.39 is 16.0 Å². The summed E-state index contributed by atoms with van der Waals surface area (Å²) in [7, 11) is -2.06. The van der Waals surface area contributed by atoms with Crippen LogP contribution in [0.5, 0.6) is 5.75 Å². The minimum Gasteiger partial charge on any atom is -0.497 e. The van der Waals surface area contributed by atoms with E-state index >= 15 is 0 Å². The highest BCUT2D eigenvalue weighted by Crippen LogP contribution is 2.15. The predicted molar refractivity (Wildman–Crippen MR) is 78.6 cm³/mol. The van der Waals surface area contributed by atoms with Gasteiger partial charge in [-0.3, -0.25) is 0 Å². The number of carbonyl (C=O) groups excluding carboxylic acids is 1. The van der Waals surface area contributed by atoms with Crippen LogP contribution in [-0.2, 0) is 19.6 Å². The van der Waals surface area contributed by atoms with Crippen molar-refractivity contribution in [2.24, 2.45) is 0 Å². The lowest BCUT2D eigenvalue weighted by Crippen LogP contribution is -2.25. The van der Waals surface area contributed by atoms with Crippen LogP contribution in [0, 0.1) is 0 Å². The second-order valence-corrected chi connectivity index (χ2v) is 6.11. The number of esters is 1. The number of nitrogens with one attached hydrogen (secondary N) is 1. The molecule has 116 valence electrons. The average molecular weight is 313 g/mol. The summed E-state index contributed by atoms with van der Waals surface area (Å²) >= 11 is 0. The summed E-state index contributed by atoms with van der Waals surface area (Å²) in [6.07, 6.45) is 0.383. The maximum absolute atomic E-state index is 12.0. The van der Waals surface area contributed by atoms with E-state index in [1.807, 2.05) is 0 Å². The molecule has 1 rings (SSSR count). The van der Waals surface area contributed by atoms with Crippen molar-refractivity contribution in [2.45, 2.75) is 18.2 Å². The SMILES string of the molecule is C=C(C)C(=O)OCCCNS(=O)(=O)c1ccc(OC)cc1. The quantitative estimate of drug-likeness (QED) is 0.447. The molecule has 1 aromatic carbocycles. The molecule has 0 bridgehead atoms. The normalized spacial score (nSPS) is 11.0. The monoisotopic (exact) mass is 313 g/mol. The fraction of sp³-hybridized carbons (Fsp3) is 0.357. The lowest BCUT2D eigenvalue weighted by Gasteiger charge is -2.08. The third-order valence-electron chi connectivity index (χ3n) is 2.56. The molecule has 0 atom stereocenters. The largest absolute Gasteiger partial charge is 0.497 e. The first kappa shape index (κ1) is 17.2. The van der Waals surface area contributed by atoms with Gasteiger partial charge in [-0.15, -0.1) is 0 Å². The molecule has 0 aliphatic carbocycles. The summed E-state index contributed by atoms with van der Waals surface area (Å²) in [4.78, 5) is 11.3. The molecule has 7 heteroatoms. The van der Waals surface area contributed by atoms with Crippen LogP contribution in [0.2, 0.25) is 0 Å². The number of hydrogen-bond donors (Lipinski definition) is 1. The van der Waals surface area contributed by atoms with Gasteiger partial charge in [0.25, 0.3) is 0 Å². The number of carbonyl (C=O) groups is 1. The number of ether oxygens (including phenoxy) is 2. The van der Waals surface area contributed by atoms with Crippen LogP contribution in [0.4, 0.5) is 0 Å². The van der Waals surface area contributed by atoms with Crippen LogP contribution >= 0.6 is 0 Å². The summed E-state index contributed by atoms with van der Waals surface area (Å²) in [6, 6.07) is 6.07. The Morgan fingerprint density at radius 1 is 1.29 bits per heavy atom. The predicted octanol–water partition coefficient (Wildman–Crippen LogP) is 1.48. The summed E-state index contributed by atoms with van der Waals surface area (Å²) in [5.74, 6) is 0.105. The van der Waals surface area contributed by atoms with Crippen molar-refractivity contribution < 1.29 is 22.7 Å². The smallest absolute Gasteiger partial charge is 0.333 e. The molecule has 0 radical (unpaired) electrons. The Morgan fingerprint density at radius 3 is 2.43 bits per heavy atom. The van der Waals surface area contributed by atoms with E-state index in [-0.39, 0.29) is 18.0 Å². The van der Waals surface area contributed by atoms with Gasteiger partial charge in [-0.2, -0.15) is 0 Å². The van der Waals surface area contributed by atoms with Crippen molar-refractivity contribution in [3.05, 3.63) is 36.4 Å². The Bertz CT molecular complexity index is 592. The number of benzene rings is 1. The van der Waals surface area contributed by atoms with Gasteiger partial charge in [0.2, 0.25) is 10.0 Å². The van der Waals surface area contributed by atoms with Crippen molar-refractivity contribution in [2.75, 3.05) is 20.3 Å². The van der Waals surface area contributed by atoms with E-state index in [2.05, 4.69) is 11.3 Å². The average Bonchev–Trinajstić information content (AvgIpc) is 2.46. The molecule has 0 aromatic heterocycles. The molecule has 0 fully saturated rings. The fourth-order valence-electron chi connectivity index (χ4n) is 1.40. The van der Waals surface area contributed by atoms with E-state index in [4.69, 9.17) is 9.47 Å². The highest BCUT2D eigenvalue weighted by molar-refractivity contribution is 7.89. The zero-order valence-corrected chi connectivity index (χ0v) is 12.9. The zero-order valence-electron chi connectivity index (χ0n) is 12.1. The van der Waals surface area contributed by atoms with Crippen molar-refractivity contribution >= 4 is 16.0 Å². The Kier molecular flexibility index (Phi) is 6.39. The van der Waals surface area contributed by atoms with Gasteiger partial charge in [0, 0.05) is 12.1 Å².